The van der Waals surface area contributed by atoms with E-state index in [1.807, 2.05) is 0 Å². The van der Waals surface area contributed by atoms with Gasteiger partial charge in [-0.3, -0.25) is 9.69 Å². The summed E-state index contributed by atoms with van der Waals surface area (Å²) >= 11 is 0. The van der Waals surface area contributed by atoms with E-state index >= 15 is 0 Å². The molecule has 0 aromatic heterocycles. The molecule has 1 saturated heterocycles. The van der Waals surface area contributed by atoms with Crippen LogP contribution < -0.4 is 5.32 Å². The average molecular weight is 269 g/mol. The van der Waals surface area contributed by atoms with E-state index in [1.54, 1.807) is 0 Å². The Morgan fingerprint density at radius 2 is 1.53 bits per heavy atom. The number of amides is 1. The zero-order valence-corrected chi connectivity index (χ0v) is 13.3. The number of carbonyl (C=O) groups is 1. The van der Waals surface area contributed by atoms with Gasteiger partial charge in [-0.05, 0) is 18.8 Å². The maximum Gasteiger partial charge on any atom is 0.239 e. The third-order valence-corrected chi connectivity index (χ3v) is 3.54. The molecule has 1 atom stereocenters. The number of rotatable bonds is 6. The highest BCUT2D eigenvalue weighted by Crippen LogP contribution is 2.10. The van der Waals surface area contributed by atoms with Gasteiger partial charge in [-0.2, -0.15) is 0 Å². The first-order valence-corrected chi connectivity index (χ1v) is 7.65. The summed E-state index contributed by atoms with van der Waals surface area (Å²) in [6, 6.07) is 0.0135. The lowest BCUT2D eigenvalue weighted by molar-refractivity contribution is -0.137. The molecule has 0 bridgehead atoms. The van der Waals surface area contributed by atoms with Gasteiger partial charge in [-0.25, -0.2) is 0 Å². The lowest BCUT2D eigenvalue weighted by atomic mass is 10.1. The SMILES string of the molecule is CC(C)CN(CC(C)C)C(=O)C(C)N1CCNCC1. The van der Waals surface area contributed by atoms with E-state index in [9.17, 15) is 4.79 Å². The number of nitrogens with one attached hydrogen (secondary N) is 1. The van der Waals surface area contributed by atoms with E-state index in [2.05, 4.69) is 49.7 Å². The number of hydrogen-bond acceptors (Lipinski definition) is 3. The van der Waals surface area contributed by atoms with Crippen molar-refractivity contribution in [2.45, 2.75) is 40.7 Å². The third-order valence-electron chi connectivity index (χ3n) is 3.54. The normalized spacial score (nSPS) is 18.9. The van der Waals surface area contributed by atoms with E-state index < -0.39 is 0 Å². The molecular weight excluding hydrogens is 238 g/mol. The Kier molecular flexibility index (Phi) is 6.80. The van der Waals surface area contributed by atoms with Crippen molar-refractivity contribution >= 4 is 5.91 Å². The van der Waals surface area contributed by atoms with Gasteiger partial charge in [0.25, 0.3) is 0 Å². The second-order valence-electron chi connectivity index (χ2n) is 6.49. The minimum absolute atomic E-state index is 0.0135. The van der Waals surface area contributed by atoms with Gasteiger partial charge in [0.05, 0.1) is 6.04 Å². The minimum atomic E-state index is 0.0135. The molecule has 0 aromatic carbocycles. The lowest BCUT2D eigenvalue weighted by Gasteiger charge is -2.36. The summed E-state index contributed by atoms with van der Waals surface area (Å²) in [4.78, 5) is 17.0. The van der Waals surface area contributed by atoms with Gasteiger partial charge in [-0.1, -0.05) is 27.7 Å². The van der Waals surface area contributed by atoms with E-state index in [0.717, 1.165) is 39.3 Å². The summed E-state index contributed by atoms with van der Waals surface area (Å²) in [6.07, 6.45) is 0. The van der Waals surface area contributed by atoms with Crippen molar-refractivity contribution in [3.63, 3.8) is 0 Å². The van der Waals surface area contributed by atoms with Gasteiger partial charge in [-0.15, -0.1) is 0 Å². The predicted molar refractivity (Wildman–Crippen MR) is 80.2 cm³/mol. The molecule has 1 unspecified atom stereocenters. The second kappa shape index (κ2) is 7.85. The summed E-state index contributed by atoms with van der Waals surface area (Å²) in [7, 11) is 0. The molecule has 0 aromatic rings. The molecule has 1 aliphatic rings. The quantitative estimate of drug-likeness (QED) is 0.792. The van der Waals surface area contributed by atoms with Crippen molar-refractivity contribution in [3.05, 3.63) is 0 Å². The highest BCUT2D eigenvalue weighted by Gasteiger charge is 2.27. The summed E-state index contributed by atoms with van der Waals surface area (Å²) < 4.78 is 0. The Labute approximate surface area is 118 Å². The zero-order chi connectivity index (χ0) is 14.4. The fraction of sp³-hybridized carbons (Fsp3) is 0.933. The van der Waals surface area contributed by atoms with Gasteiger partial charge in [0.1, 0.15) is 0 Å². The van der Waals surface area contributed by atoms with Gasteiger partial charge >= 0.3 is 0 Å². The van der Waals surface area contributed by atoms with Crippen LogP contribution >= 0.6 is 0 Å². The lowest BCUT2D eigenvalue weighted by Crippen LogP contribution is -2.54. The van der Waals surface area contributed by atoms with Crippen LogP contribution in [0.25, 0.3) is 0 Å². The molecular formula is C15H31N3O. The fourth-order valence-electron chi connectivity index (χ4n) is 2.63. The molecule has 0 aliphatic carbocycles. The Bertz CT molecular complexity index is 263. The zero-order valence-electron chi connectivity index (χ0n) is 13.3. The first-order valence-electron chi connectivity index (χ1n) is 7.65. The van der Waals surface area contributed by atoms with Crippen LogP contribution in [0, 0.1) is 11.8 Å². The summed E-state index contributed by atoms with van der Waals surface area (Å²) in [5, 5.41) is 3.34. The van der Waals surface area contributed by atoms with Crippen LogP contribution in [0.3, 0.4) is 0 Å². The summed E-state index contributed by atoms with van der Waals surface area (Å²) in [5.74, 6) is 1.35. The molecule has 19 heavy (non-hydrogen) atoms. The molecule has 0 saturated carbocycles. The Morgan fingerprint density at radius 3 is 1.95 bits per heavy atom. The Hall–Kier alpha value is -0.610. The van der Waals surface area contributed by atoms with Crippen LogP contribution in [0.1, 0.15) is 34.6 Å². The predicted octanol–water partition coefficient (Wildman–Crippen LogP) is 1.42. The van der Waals surface area contributed by atoms with Crippen LogP contribution in [0.15, 0.2) is 0 Å². The van der Waals surface area contributed by atoms with Crippen molar-refractivity contribution in [1.29, 1.82) is 0 Å². The van der Waals surface area contributed by atoms with Crippen molar-refractivity contribution in [2.75, 3.05) is 39.3 Å². The Morgan fingerprint density at radius 1 is 1.05 bits per heavy atom. The molecule has 4 heteroatoms. The fourth-order valence-corrected chi connectivity index (χ4v) is 2.63. The van der Waals surface area contributed by atoms with Crippen molar-refractivity contribution in [2.24, 2.45) is 11.8 Å². The smallest absolute Gasteiger partial charge is 0.239 e. The van der Waals surface area contributed by atoms with Gasteiger partial charge in [0.2, 0.25) is 5.91 Å². The molecule has 1 amide bonds. The summed E-state index contributed by atoms with van der Waals surface area (Å²) in [5.41, 5.74) is 0. The van der Waals surface area contributed by atoms with Gasteiger partial charge in [0, 0.05) is 39.3 Å². The first kappa shape index (κ1) is 16.4. The van der Waals surface area contributed by atoms with Crippen LogP contribution in [-0.2, 0) is 4.79 Å². The van der Waals surface area contributed by atoms with E-state index in [4.69, 9.17) is 0 Å². The topological polar surface area (TPSA) is 35.6 Å². The van der Waals surface area contributed by atoms with E-state index in [-0.39, 0.29) is 6.04 Å². The molecule has 1 aliphatic heterocycles. The molecule has 1 N–H and O–H groups in total. The number of nitrogens with zero attached hydrogens (tertiary/aromatic N) is 2. The highest BCUT2D eigenvalue weighted by molar-refractivity contribution is 5.81. The van der Waals surface area contributed by atoms with Gasteiger partial charge in [0.15, 0.2) is 0 Å². The molecule has 112 valence electrons. The monoisotopic (exact) mass is 269 g/mol. The van der Waals surface area contributed by atoms with Crippen LogP contribution in [0.5, 0.6) is 0 Å². The third kappa shape index (κ3) is 5.49. The summed E-state index contributed by atoms with van der Waals surface area (Å²) in [6.45, 7) is 16.4. The van der Waals surface area contributed by atoms with Crippen LogP contribution in [-0.4, -0.2) is 61.0 Å². The largest absolute Gasteiger partial charge is 0.341 e. The van der Waals surface area contributed by atoms with E-state index in [1.165, 1.54) is 0 Å². The van der Waals surface area contributed by atoms with Crippen LogP contribution in [0.2, 0.25) is 0 Å². The molecule has 0 radical (unpaired) electrons. The molecule has 4 nitrogen and oxygen atoms in total. The van der Waals surface area contributed by atoms with Crippen molar-refractivity contribution < 1.29 is 4.79 Å². The Balaban J connectivity index is 2.62. The second-order valence-corrected chi connectivity index (χ2v) is 6.49. The number of piperazine rings is 1. The first-order chi connectivity index (χ1) is 8.91. The van der Waals surface area contributed by atoms with E-state index in [0.29, 0.717) is 17.7 Å². The van der Waals surface area contributed by atoms with Crippen LogP contribution in [0.4, 0.5) is 0 Å². The minimum Gasteiger partial charge on any atom is -0.341 e. The van der Waals surface area contributed by atoms with Gasteiger partial charge < -0.3 is 10.2 Å². The standard InChI is InChI=1S/C15H31N3O/c1-12(2)10-18(11-13(3)4)15(19)14(5)17-8-6-16-7-9-17/h12-14,16H,6-11H2,1-5H3. The molecule has 1 rings (SSSR count). The van der Waals surface area contributed by atoms with Crippen molar-refractivity contribution in [1.82, 2.24) is 15.1 Å². The molecule has 1 fully saturated rings. The maximum absolute atomic E-state index is 12.7. The highest BCUT2D eigenvalue weighted by atomic mass is 16.2. The number of hydrogen-bond donors (Lipinski definition) is 1. The van der Waals surface area contributed by atoms with Crippen molar-refractivity contribution in [3.8, 4) is 0 Å². The number of carbonyl (C=O) groups excluding carboxylic acids is 1. The molecule has 0 spiro atoms. The average Bonchev–Trinajstić information content (AvgIpc) is 2.36. The molecule has 1 heterocycles. The maximum atomic E-state index is 12.7.